The number of carbonyl (C=O) groups is 1. The van der Waals surface area contributed by atoms with Gasteiger partial charge in [0, 0.05) is 18.5 Å². The van der Waals surface area contributed by atoms with Crippen LogP contribution < -0.4 is 11.1 Å². The molecule has 0 fully saturated rings. The van der Waals surface area contributed by atoms with Gasteiger partial charge in [-0.2, -0.15) is 0 Å². The molecule has 0 aliphatic carbocycles. The molecule has 0 radical (unpaired) electrons. The minimum Gasteiger partial charge on any atom is -0.382 e. The van der Waals surface area contributed by atoms with Crippen LogP contribution in [0, 0.1) is 12.7 Å². The van der Waals surface area contributed by atoms with Gasteiger partial charge in [-0.1, -0.05) is 0 Å². The lowest BCUT2D eigenvalue weighted by atomic mass is 10.3. The van der Waals surface area contributed by atoms with E-state index in [4.69, 9.17) is 5.73 Å². The van der Waals surface area contributed by atoms with Crippen LogP contribution in [0.4, 0.5) is 15.9 Å². The SMILES string of the molecule is Cc1cn2cc(NC(=O)c3cnc(N)cn3)cc(F)c2n1. The lowest BCUT2D eigenvalue weighted by Crippen LogP contribution is -2.15. The van der Waals surface area contributed by atoms with E-state index in [9.17, 15) is 9.18 Å². The molecule has 8 heteroatoms. The van der Waals surface area contributed by atoms with Crippen molar-refractivity contribution in [3.05, 3.63) is 48.1 Å². The van der Waals surface area contributed by atoms with Crippen molar-refractivity contribution in [3.63, 3.8) is 0 Å². The van der Waals surface area contributed by atoms with E-state index < -0.39 is 11.7 Å². The fourth-order valence-electron chi connectivity index (χ4n) is 1.90. The molecule has 3 rings (SSSR count). The molecule has 0 aromatic carbocycles. The minimum atomic E-state index is -0.524. The van der Waals surface area contributed by atoms with Crippen molar-refractivity contribution < 1.29 is 9.18 Å². The number of aryl methyl sites for hydroxylation is 1. The van der Waals surface area contributed by atoms with Crippen molar-refractivity contribution in [2.45, 2.75) is 6.92 Å². The number of nitrogen functional groups attached to an aromatic ring is 1. The Labute approximate surface area is 118 Å². The van der Waals surface area contributed by atoms with Crippen LogP contribution in [0.15, 0.2) is 30.9 Å². The number of carbonyl (C=O) groups excluding carboxylic acids is 1. The maximum absolute atomic E-state index is 13.9. The summed E-state index contributed by atoms with van der Waals surface area (Å²) in [7, 11) is 0. The van der Waals surface area contributed by atoms with Gasteiger partial charge in [0.05, 0.1) is 23.8 Å². The first-order valence-corrected chi connectivity index (χ1v) is 6.06. The smallest absolute Gasteiger partial charge is 0.275 e. The number of nitrogens with zero attached hydrogens (tertiary/aromatic N) is 4. The Morgan fingerprint density at radius 1 is 1.33 bits per heavy atom. The third kappa shape index (κ3) is 2.50. The second kappa shape index (κ2) is 4.82. The zero-order chi connectivity index (χ0) is 15.0. The summed E-state index contributed by atoms with van der Waals surface area (Å²) in [5, 5.41) is 2.55. The summed E-state index contributed by atoms with van der Waals surface area (Å²) in [6.45, 7) is 1.76. The number of hydrogen-bond donors (Lipinski definition) is 2. The van der Waals surface area contributed by atoms with E-state index in [1.807, 2.05) is 0 Å². The highest BCUT2D eigenvalue weighted by Gasteiger charge is 2.11. The topological polar surface area (TPSA) is 98.2 Å². The molecular formula is C13H11FN6O. The van der Waals surface area contributed by atoms with Gasteiger partial charge < -0.3 is 15.5 Å². The van der Waals surface area contributed by atoms with Crippen LogP contribution in [0.3, 0.4) is 0 Å². The number of rotatable bonds is 2. The predicted molar refractivity (Wildman–Crippen MR) is 74.3 cm³/mol. The largest absolute Gasteiger partial charge is 0.382 e. The Bertz CT molecular complexity index is 827. The molecule has 0 bridgehead atoms. The van der Waals surface area contributed by atoms with E-state index in [1.54, 1.807) is 19.3 Å². The standard InChI is InChI=1S/C13H11FN6O/c1-7-5-20-6-8(2-9(14)12(20)18-7)19-13(21)10-3-17-11(15)4-16-10/h2-6H,1H3,(H2,15,17)(H,19,21). The van der Waals surface area contributed by atoms with Gasteiger partial charge in [-0.25, -0.2) is 19.3 Å². The minimum absolute atomic E-state index is 0.0894. The number of imidazole rings is 1. The molecule has 0 atom stereocenters. The van der Waals surface area contributed by atoms with Crippen molar-refractivity contribution >= 4 is 23.1 Å². The summed E-state index contributed by atoms with van der Waals surface area (Å²) >= 11 is 0. The third-order valence-electron chi connectivity index (χ3n) is 2.79. The van der Waals surface area contributed by atoms with Crippen molar-refractivity contribution in [3.8, 4) is 0 Å². The number of hydrogen-bond acceptors (Lipinski definition) is 5. The number of aromatic nitrogens is 4. The lowest BCUT2D eigenvalue weighted by molar-refractivity contribution is 0.102. The summed E-state index contributed by atoms with van der Waals surface area (Å²) in [6, 6.07) is 1.20. The molecule has 0 saturated heterocycles. The van der Waals surface area contributed by atoms with E-state index >= 15 is 0 Å². The van der Waals surface area contributed by atoms with Crippen LogP contribution in [0.25, 0.3) is 5.65 Å². The second-order valence-electron chi connectivity index (χ2n) is 4.47. The molecule has 106 valence electrons. The molecule has 7 nitrogen and oxygen atoms in total. The van der Waals surface area contributed by atoms with Crippen LogP contribution in [0.5, 0.6) is 0 Å². The number of halogens is 1. The Kier molecular flexibility index (Phi) is 2.98. The van der Waals surface area contributed by atoms with Gasteiger partial charge >= 0.3 is 0 Å². The van der Waals surface area contributed by atoms with Crippen molar-refractivity contribution in [1.29, 1.82) is 0 Å². The number of anilines is 2. The molecule has 3 aromatic heterocycles. The highest BCUT2D eigenvalue weighted by molar-refractivity contribution is 6.02. The summed E-state index contributed by atoms with van der Waals surface area (Å²) in [5.74, 6) is -0.810. The van der Waals surface area contributed by atoms with Crippen LogP contribution in [-0.4, -0.2) is 25.3 Å². The van der Waals surface area contributed by atoms with E-state index in [-0.39, 0.29) is 17.2 Å². The first-order valence-electron chi connectivity index (χ1n) is 6.06. The highest BCUT2D eigenvalue weighted by Crippen LogP contribution is 2.16. The van der Waals surface area contributed by atoms with Crippen molar-refractivity contribution in [1.82, 2.24) is 19.4 Å². The quantitative estimate of drug-likeness (QED) is 0.742. The zero-order valence-electron chi connectivity index (χ0n) is 11.0. The molecule has 0 unspecified atom stereocenters. The molecular weight excluding hydrogens is 275 g/mol. The van der Waals surface area contributed by atoms with Crippen molar-refractivity contribution in [2.75, 3.05) is 11.1 Å². The maximum Gasteiger partial charge on any atom is 0.275 e. The second-order valence-corrected chi connectivity index (χ2v) is 4.47. The highest BCUT2D eigenvalue weighted by atomic mass is 19.1. The summed E-state index contributed by atoms with van der Waals surface area (Å²) in [6.07, 6.45) is 5.76. The van der Waals surface area contributed by atoms with Crippen LogP contribution in [-0.2, 0) is 0 Å². The summed E-state index contributed by atoms with van der Waals surface area (Å²) < 4.78 is 15.4. The first-order chi connectivity index (χ1) is 10.0. The number of pyridine rings is 1. The van der Waals surface area contributed by atoms with E-state index in [2.05, 4.69) is 20.3 Å². The fraction of sp³-hybridized carbons (Fsp3) is 0.0769. The van der Waals surface area contributed by atoms with Gasteiger partial charge in [0.1, 0.15) is 11.5 Å². The fourth-order valence-corrected chi connectivity index (χ4v) is 1.90. The number of nitrogens with one attached hydrogen (secondary N) is 1. The first kappa shape index (κ1) is 13.0. The maximum atomic E-state index is 13.9. The van der Waals surface area contributed by atoms with Gasteiger partial charge in [0.2, 0.25) is 0 Å². The monoisotopic (exact) mass is 286 g/mol. The molecule has 3 aromatic rings. The molecule has 0 saturated carbocycles. The molecule has 0 aliphatic rings. The number of nitrogens with two attached hydrogens (primary N) is 1. The molecule has 1 amide bonds. The molecule has 3 heterocycles. The Morgan fingerprint density at radius 3 is 2.86 bits per heavy atom. The Hall–Kier alpha value is -3.03. The number of amides is 1. The van der Waals surface area contributed by atoms with E-state index in [0.717, 1.165) is 0 Å². The average molecular weight is 286 g/mol. The Balaban J connectivity index is 1.90. The normalized spacial score (nSPS) is 10.8. The molecule has 0 spiro atoms. The third-order valence-corrected chi connectivity index (χ3v) is 2.79. The van der Waals surface area contributed by atoms with Gasteiger partial charge in [-0.3, -0.25) is 4.79 Å². The zero-order valence-corrected chi connectivity index (χ0v) is 11.0. The van der Waals surface area contributed by atoms with Gasteiger partial charge in [0.15, 0.2) is 11.5 Å². The van der Waals surface area contributed by atoms with E-state index in [0.29, 0.717) is 11.4 Å². The molecule has 0 aliphatic heterocycles. The van der Waals surface area contributed by atoms with Crippen LogP contribution in [0.1, 0.15) is 16.2 Å². The summed E-state index contributed by atoms with van der Waals surface area (Å²) in [5.41, 5.74) is 6.67. The predicted octanol–water partition coefficient (Wildman–Crippen LogP) is 1.41. The molecule has 3 N–H and O–H groups in total. The van der Waals surface area contributed by atoms with E-state index in [1.165, 1.54) is 22.9 Å². The van der Waals surface area contributed by atoms with Gasteiger partial charge in [0.25, 0.3) is 5.91 Å². The number of fused-ring (bicyclic) bond motifs is 1. The summed E-state index contributed by atoms with van der Waals surface area (Å²) in [4.78, 5) is 23.6. The van der Waals surface area contributed by atoms with Crippen LogP contribution in [0.2, 0.25) is 0 Å². The van der Waals surface area contributed by atoms with Crippen LogP contribution >= 0.6 is 0 Å². The Morgan fingerprint density at radius 2 is 2.14 bits per heavy atom. The van der Waals surface area contributed by atoms with Crippen molar-refractivity contribution in [2.24, 2.45) is 0 Å². The van der Waals surface area contributed by atoms with Gasteiger partial charge in [-0.15, -0.1) is 0 Å². The van der Waals surface area contributed by atoms with Gasteiger partial charge in [-0.05, 0) is 6.92 Å². The average Bonchev–Trinajstić information content (AvgIpc) is 2.80. The lowest BCUT2D eigenvalue weighted by Gasteiger charge is -2.06. The molecule has 21 heavy (non-hydrogen) atoms.